The van der Waals surface area contributed by atoms with Crippen LogP contribution in [0.25, 0.3) is 33.7 Å². The van der Waals surface area contributed by atoms with Crippen LogP contribution in [0.1, 0.15) is 12.8 Å². The predicted molar refractivity (Wildman–Crippen MR) is 176 cm³/mol. The molecule has 4 heterocycles. The zero-order chi connectivity index (χ0) is 37.2. The molecule has 21 heteroatoms. The van der Waals surface area contributed by atoms with Crippen LogP contribution in [0.15, 0.2) is 75.0 Å². The second-order valence-electron chi connectivity index (χ2n) is 10.6. The van der Waals surface area contributed by atoms with Crippen molar-refractivity contribution in [3.63, 3.8) is 0 Å². The van der Waals surface area contributed by atoms with Crippen molar-refractivity contribution >= 4 is 57.5 Å². The minimum Gasteiger partial charge on any atom is -0.318 e. The number of thioether (sulfide) groups is 2. The highest BCUT2D eigenvalue weighted by Gasteiger charge is 2.28. The van der Waals surface area contributed by atoms with Crippen LogP contribution in [0.2, 0.25) is 5.02 Å². The van der Waals surface area contributed by atoms with Gasteiger partial charge in [-0.2, -0.15) is 26.3 Å². The van der Waals surface area contributed by atoms with Gasteiger partial charge in [-0.3, -0.25) is 18.7 Å². The fourth-order valence-corrected chi connectivity index (χ4v) is 6.55. The van der Waals surface area contributed by atoms with Crippen LogP contribution in [0.5, 0.6) is 0 Å². The SMILES string of the molecule is Cn1cnc2c(=O)n(-c3ccc(Cl)c(F)c3)c(SCCC(F)(F)F)nc21.Cn1cnc2c(=O)n(-c3ccc(F)cc3)c(SCCC(F)(F)F)nc21. The second-order valence-corrected chi connectivity index (χ2v) is 13.2. The van der Waals surface area contributed by atoms with E-state index in [0.29, 0.717) is 5.69 Å². The number of aryl methyl sites for hydroxylation is 2. The summed E-state index contributed by atoms with van der Waals surface area (Å²) in [7, 11) is 3.24. The van der Waals surface area contributed by atoms with E-state index < -0.39 is 47.9 Å². The van der Waals surface area contributed by atoms with Gasteiger partial charge < -0.3 is 9.13 Å². The highest BCUT2D eigenvalue weighted by atomic mass is 35.5. The molecule has 0 spiro atoms. The Labute approximate surface area is 295 Å². The Hall–Kier alpha value is -4.43. The quantitative estimate of drug-likeness (QED) is 0.0904. The summed E-state index contributed by atoms with van der Waals surface area (Å²) in [6.45, 7) is 0. The van der Waals surface area contributed by atoms with Gasteiger partial charge in [0.2, 0.25) is 0 Å². The molecule has 0 amide bonds. The largest absolute Gasteiger partial charge is 0.389 e. The molecule has 270 valence electrons. The predicted octanol–water partition coefficient (Wildman–Crippen LogP) is 7.26. The Bertz CT molecular complexity index is 2320. The number of alkyl halides is 6. The van der Waals surface area contributed by atoms with Gasteiger partial charge >= 0.3 is 12.4 Å². The molecule has 51 heavy (non-hydrogen) atoms. The normalized spacial score (nSPS) is 12.1. The Balaban J connectivity index is 0.000000198. The van der Waals surface area contributed by atoms with E-state index in [1.165, 1.54) is 46.1 Å². The van der Waals surface area contributed by atoms with Crippen LogP contribution in [-0.4, -0.2) is 62.1 Å². The minimum atomic E-state index is -4.33. The molecule has 0 saturated carbocycles. The van der Waals surface area contributed by atoms with Gasteiger partial charge in [-0.25, -0.2) is 28.7 Å². The lowest BCUT2D eigenvalue weighted by Gasteiger charge is -2.13. The van der Waals surface area contributed by atoms with E-state index in [9.17, 15) is 44.7 Å². The van der Waals surface area contributed by atoms with Crippen molar-refractivity contribution in [1.82, 2.24) is 38.2 Å². The maximum absolute atomic E-state index is 13.8. The first-order valence-electron chi connectivity index (χ1n) is 14.4. The van der Waals surface area contributed by atoms with Gasteiger partial charge in [-0.1, -0.05) is 35.1 Å². The van der Waals surface area contributed by atoms with Gasteiger partial charge in [0.15, 0.2) is 32.6 Å². The van der Waals surface area contributed by atoms with Crippen LogP contribution in [-0.2, 0) is 14.1 Å². The Morgan fingerprint density at radius 2 is 1.12 bits per heavy atom. The van der Waals surface area contributed by atoms with E-state index in [4.69, 9.17) is 11.6 Å². The summed E-state index contributed by atoms with van der Waals surface area (Å²) in [5.41, 5.74) is -0.0888. The average molecular weight is 779 g/mol. The van der Waals surface area contributed by atoms with Crippen LogP contribution in [0.3, 0.4) is 0 Å². The smallest absolute Gasteiger partial charge is 0.318 e. The van der Waals surface area contributed by atoms with Crippen LogP contribution in [0, 0.1) is 11.6 Å². The summed E-state index contributed by atoms with van der Waals surface area (Å²) in [5.74, 6) is -1.88. The van der Waals surface area contributed by atoms with Crippen molar-refractivity contribution in [2.24, 2.45) is 14.1 Å². The zero-order valence-corrected chi connectivity index (χ0v) is 28.5. The number of nitrogens with zero attached hydrogens (tertiary/aromatic N) is 8. The summed E-state index contributed by atoms with van der Waals surface area (Å²) < 4.78 is 107. The van der Waals surface area contributed by atoms with E-state index in [1.807, 2.05) is 0 Å². The highest BCUT2D eigenvalue weighted by molar-refractivity contribution is 7.99. The number of fused-ring (bicyclic) bond motifs is 2. The third-order valence-electron chi connectivity index (χ3n) is 6.89. The number of benzene rings is 2. The molecule has 0 N–H and O–H groups in total. The summed E-state index contributed by atoms with van der Waals surface area (Å²) in [6, 6.07) is 8.71. The number of aromatic nitrogens is 8. The van der Waals surface area contributed by atoms with Gasteiger partial charge in [-0.05, 0) is 42.5 Å². The van der Waals surface area contributed by atoms with Gasteiger partial charge in [-0.15, -0.1) is 0 Å². The fraction of sp³-hybridized carbons (Fsp3) is 0.267. The molecule has 2 aromatic carbocycles. The monoisotopic (exact) mass is 778 g/mol. The van der Waals surface area contributed by atoms with Gasteiger partial charge in [0.05, 0.1) is 41.9 Å². The number of hydrogen-bond acceptors (Lipinski definition) is 8. The second kappa shape index (κ2) is 15.0. The molecule has 0 saturated heterocycles. The molecular weight excluding hydrogens is 756 g/mol. The number of rotatable bonds is 8. The number of hydrogen-bond donors (Lipinski definition) is 0. The Kier molecular flexibility index (Phi) is 11.2. The lowest BCUT2D eigenvalue weighted by Crippen LogP contribution is -2.22. The van der Waals surface area contributed by atoms with Crippen molar-refractivity contribution in [2.45, 2.75) is 35.5 Å². The lowest BCUT2D eigenvalue weighted by molar-refractivity contribution is -0.130. The average Bonchev–Trinajstić information content (AvgIpc) is 3.61. The molecule has 6 aromatic rings. The molecule has 10 nitrogen and oxygen atoms in total. The summed E-state index contributed by atoms with van der Waals surface area (Å²) in [5, 5.41) is -0.0334. The summed E-state index contributed by atoms with van der Waals surface area (Å²) in [6.07, 6.45) is -7.92. The first kappa shape index (κ1) is 37.8. The van der Waals surface area contributed by atoms with Gasteiger partial charge in [0, 0.05) is 25.6 Å². The maximum atomic E-state index is 13.8. The first-order valence-corrected chi connectivity index (χ1v) is 16.8. The van der Waals surface area contributed by atoms with Crippen LogP contribution in [0.4, 0.5) is 35.1 Å². The topological polar surface area (TPSA) is 105 Å². The summed E-state index contributed by atoms with van der Waals surface area (Å²) in [4.78, 5) is 42.0. The molecular formula is C30H23ClF8N8O2S2. The van der Waals surface area contributed by atoms with Crippen molar-refractivity contribution in [3.8, 4) is 11.4 Å². The lowest BCUT2D eigenvalue weighted by atomic mass is 10.3. The molecule has 0 unspecified atom stereocenters. The van der Waals surface area contributed by atoms with E-state index in [-0.39, 0.29) is 54.9 Å². The Morgan fingerprint density at radius 1 is 0.686 bits per heavy atom. The van der Waals surface area contributed by atoms with Crippen LogP contribution >= 0.6 is 35.1 Å². The molecule has 0 atom stereocenters. The van der Waals surface area contributed by atoms with E-state index >= 15 is 0 Å². The zero-order valence-electron chi connectivity index (χ0n) is 26.1. The molecule has 6 rings (SSSR count). The van der Waals surface area contributed by atoms with Crippen molar-refractivity contribution in [3.05, 3.63) is 92.5 Å². The Morgan fingerprint density at radius 3 is 1.55 bits per heavy atom. The molecule has 0 fully saturated rings. The molecule has 4 aromatic heterocycles. The van der Waals surface area contributed by atoms with Gasteiger partial charge in [0.1, 0.15) is 11.6 Å². The van der Waals surface area contributed by atoms with E-state index in [1.54, 1.807) is 14.1 Å². The molecule has 0 bridgehead atoms. The van der Waals surface area contributed by atoms with Crippen molar-refractivity contribution in [2.75, 3.05) is 11.5 Å². The standard InChI is InChI=1S/C15H11ClF4N4OS.C15H12F4N4OS/c1-23-7-21-11-12(23)22-14(26-5-4-15(18,19)20)24(13(11)25)8-2-3-9(16)10(17)6-8;1-22-8-20-11-12(22)21-14(25-7-6-15(17,18)19)23(13(11)24)10-4-2-9(16)3-5-10/h2-3,6-7H,4-5H2,1H3;2-5,8H,6-7H2,1H3. The van der Waals surface area contributed by atoms with E-state index in [0.717, 1.165) is 50.9 Å². The number of halogens is 9. The third-order valence-corrected chi connectivity index (χ3v) is 9.08. The minimum absolute atomic E-state index is 0.0112. The van der Waals surface area contributed by atoms with Crippen LogP contribution < -0.4 is 11.1 Å². The third kappa shape index (κ3) is 8.90. The summed E-state index contributed by atoms with van der Waals surface area (Å²) >= 11 is 7.22. The molecule has 0 aliphatic heterocycles. The molecule has 0 aliphatic rings. The first-order chi connectivity index (χ1) is 23.9. The van der Waals surface area contributed by atoms with E-state index in [2.05, 4.69) is 19.9 Å². The molecule has 0 radical (unpaired) electrons. The maximum Gasteiger partial charge on any atom is 0.389 e. The van der Waals surface area contributed by atoms with Gasteiger partial charge in [0.25, 0.3) is 11.1 Å². The molecule has 0 aliphatic carbocycles. The highest BCUT2D eigenvalue weighted by Crippen LogP contribution is 2.29. The number of imidazole rings is 2. The van der Waals surface area contributed by atoms with Crippen molar-refractivity contribution in [1.29, 1.82) is 0 Å². The fourth-order valence-electron chi connectivity index (χ4n) is 4.46. The van der Waals surface area contributed by atoms with Crippen molar-refractivity contribution < 1.29 is 35.1 Å².